The summed E-state index contributed by atoms with van der Waals surface area (Å²) < 4.78 is 11.2. The first kappa shape index (κ1) is 12.7. The number of nitrogens with two attached hydrogens (primary N) is 1. The monoisotopic (exact) mass is 250 g/mol. The van der Waals surface area contributed by atoms with Crippen LogP contribution in [0.4, 0.5) is 0 Å². The summed E-state index contributed by atoms with van der Waals surface area (Å²) in [4.78, 5) is 0. The maximum atomic E-state index is 8.70. The quantitative estimate of drug-likeness (QED) is 0.361. The van der Waals surface area contributed by atoms with Gasteiger partial charge < -0.3 is 20.4 Å². The van der Waals surface area contributed by atoms with Crippen molar-refractivity contribution >= 4 is 5.84 Å². The van der Waals surface area contributed by atoms with E-state index in [0.29, 0.717) is 24.0 Å². The third-order valence-corrected chi connectivity index (χ3v) is 2.99. The van der Waals surface area contributed by atoms with Gasteiger partial charge in [0.2, 0.25) is 0 Å². The van der Waals surface area contributed by atoms with Crippen molar-refractivity contribution in [2.75, 3.05) is 13.2 Å². The average Bonchev–Trinajstić information content (AvgIpc) is 2.92. The Morgan fingerprint density at radius 3 is 3.06 bits per heavy atom. The molecular formula is C13H18N2O3. The number of rotatable bonds is 5. The minimum atomic E-state index is 0.0581. The van der Waals surface area contributed by atoms with Crippen LogP contribution in [0, 0.1) is 0 Å². The molecule has 1 aliphatic heterocycles. The summed E-state index contributed by atoms with van der Waals surface area (Å²) in [5.74, 6) is 0.688. The lowest BCUT2D eigenvalue weighted by Crippen LogP contribution is -2.16. The maximum Gasteiger partial charge on any atom is 0.173 e. The zero-order chi connectivity index (χ0) is 12.8. The van der Waals surface area contributed by atoms with Crippen LogP contribution in [-0.2, 0) is 4.74 Å². The molecule has 0 saturated carbocycles. The van der Waals surface area contributed by atoms with Crippen molar-refractivity contribution < 1.29 is 14.7 Å². The van der Waals surface area contributed by atoms with Gasteiger partial charge in [0.1, 0.15) is 5.75 Å². The number of para-hydroxylation sites is 1. The highest BCUT2D eigenvalue weighted by Gasteiger charge is 2.15. The van der Waals surface area contributed by atoms with Gasteiger partial charge in [-0.15, -0.1) is 0 Å². The Bertz CT molecular complexity index is 414. The lowest BCUT2D eigenvalue weighted by Gasteiger charge is -2.12. The summed E-state index contributed by atoms with van der Waals surface area (Å²) in [6.45, 7) is 1.42. The molecule has 1 aliphatic rings. The molecule has 1 saturated heterocycles. The van der Waals surface area contributed by atoms with Crippen molar-refractivity contribution in [3.8, 4) is 5.75 Å². The fourth-order valence-electron chi connectivity index (χ4n) is 2.03. The van der Waals surface area contributed by atoms with Gasteiger partial charge in [-0.3, -0.25) is 0 Å². The Morgan fingerprint density at radius 2 is 2.33 bits per heavy atom. The van der Waals surface area contributed by atoms with Crippen molar-refractivity contribution in [3.05, 3.63) is 29.8 Å². The number of nitrogens with zero attached hydrogens (tertiary/aromatic N) is 1. The number of benzene rings is 1. The molecule has 98 valence electrons. The van der Waals surface area contributed by atoms with E-state index < -0.39 is 0 Å². The van der Waals surface area contributed by atoms with Crippen LogP contribution in [0.2, 0.25) is 0 Å². The Labute approximate surface area is 106 Å². The SMILES string of the molecule is NC(=NO)c1ccccc1OCCC1CCCO1. The Kier molecular flexibility index (Phi) is 4.41. The van der Waals surface area contributed by atoms with Crippen LogP contribution in [0.1, 0.15) is 24.8 Å². The van der Waals surface area contributed by atoms with E-state index in [9.17, 15) is 0 Å². The van der Waals surface area contributed by atoms with E-state index >= 15 is 0 Å². The van der Waals surface area contributed by atoms with Crippen LogP contribution in [0.25, 0.3) is 0 Å². The fourth-order valence-corrected chi connectivity index (χ4v) is 2.03. The molecular weight excluding hydrogens is 232 g/mol. The molecule has 1 heterocycles. The van der Waals surface area contributed by atoms with Gasteiger partial charge in [0.25, 0.3) is 0 Å². The number of oxime groups is 1. The highest BCUT2D eigenvalue weighted by molar-refractivity contribution is 5.99. The summed E-state index contributed by atoms with van der Waals surface area (Å²) in [5.41, 5.74) is 6.19. The summed E-state index contributed by atoms with van der Waals surface area (Å²) in [6, 6.07) is 7.25. The predicted molar refractivity (Wildman–Crippen MR) is 68.0 cm³/mol. The van der Waals surface area contributed by atoms with Gasteiger partial charge in [0.05, 0.1) is 18.3 Å². The molecule has 0 bridgehead atoms. The molecule has 0 radical (unpaired) electrons. The summed E-state index contributed by atoms with van der Waals surface area (Å²) in [7, 11) is 0. The molecule has 1 atom stereocenters. The highest BCUT2D eigenvalue weighted by Crippen LogP contribution is 2.20. The molecule has 1 unspecified atom stereocenters. The van der Waals surface area contributed by atoms with Crippen LogP contribution in [-0.4, -0.2) is 30.4 Å². The molecule has 0 spiro atoms. The maximum absolute atomic E-state index is 8.70. The standard InChI is InChI=1S/C13H18N2O3/c14-13(15-16)11-5-1-2-6-12(11)18-9-7-10-4-3-8-17-10/h1-2,5-6,10,16H,3-4,7-9H2,(H2,14,15). The first-order chi connectivity index (χ1) is 8.81. The summed E-state index contributed by atoms with van der Waals surface area (Å²) in [6.07, 6.45) is 3.40. The zero-order valence-corrected chi connectivity index (χ0v) is 10.2. The van der Waals surface area contributed by atoms with Crippen molar-refractivity contribution in [2.24, 2.45) is 10.9 Å². The molecule has 0 aliphatic carbocycles. The number of hydrogen-bond acceptors (Lipinski definition) is 4. The highest BCUT2D eigenvalue weighted by atomic mass is 16.5. The Morgan fingerprint density at radius 1 is 1.50 bits per heavy atom. The van der Waals surface area contributed by atoms with Gasteiger partial charge in [-0.1, -0.05) is 17.3 Å². The molecule has 3 N–H and O–H groups in total. The topological polar surface area (TPSA) is 77.1 Å². The minimum absolute atomic E-state index is 0.0581. The number of hydrogen-bond donors (Lipinski definition) is 2. The molecule has 0 amide bonds. The zero-order valence-electron chi connectivity index (χ0n) is 10.2. The van der Waals surface area contributed by atoms with E-state index in [1.807, 2.05) is 18.2 Å². The smallest absolute Gasteiger partial charge is 0.173 e. The predicted octanol–water partition coefficient (Wildman–Crippen LogP) is 1.73. The van der Waals surface area contributed by atoms with Crippen LogP contribution in [0.3, 0.4) is 0 Å². The summed E-state index contributed by atoms with van der Waals surface area (Å²) >= 11 is 0. The molecule has 0 aromatic heterocycles. The van der Waals surface area contributed by atoms with Crippen LogP contribution in [0.15, 0.2) is 29.4 Å². The van der Waals surface area contributed by atoms with Gasteiger partial charge >= 0.3 is 0 Å². The van der Waals surface area contributed by atoms with Crippen LogP contribution in [0.5, 0.6) is 5.75 Å². The van der Waals surface area contributed by atoms with Gasteiger partial charge in [-0.05, 0) is 25.0 Å². The summed E-state index contributed by atoms with van der Waals surface area (Å²) in [5, 5.41) is 11.7. The van der Waals surface area contributed by atoms with E-state index in [0.717, 1.165) is 25.9 Å². The molecule has 18 heavy (non-hydrogen) atoms. The van der Waals surface area contributed by atoms with Gasteiger partial charge in [0.15, 0.2) is 5.84 Å². The van der Waals surface area contributed by atoms with Crippen LogP contribution >= 0.6 is 0 Å². The normalized spacial score (nSPS) is 20.0. The van der Waals surface area contributed by atoms with Gasteiger partial charge in [-0.2, -0.15) is 0 Å². The van der Waals surface area contributed by atoms with Gasteiger partial charge in [0, 0.05) is 13.0 Å². The van der Waals surface area contributed by atoms with E-state index in [1.165, 1.54) is 0 Å². The Hall–Kier alpha value is -1.75. The number of ether oxygens (including phenoxy) is 2. The largest absolute Gasteiger partial charge is 0.493 e. The van der Waals surface area contributed by atoms with E-state index in [1.54, 1.807) is 6.07 Å². The van der Waals surface area contributed by atoms with E-state index in [-0.39, 0.29) is 5.84 Å². The second-order valence-electron chi connectivity index (χ2n) is 4.25. The van der Waals surface area contributed by atoms with E-state index in [4.69, 9.17) is 20.4 Å². The molecule has 1 aromatic rings. The van der Waals surface area contributed by atoms with Gasteiger partial charge in [-0.25, -0.2) is 0 Å². The first-order valence-corrected chi connectivity index (χ1v) is 6.12. The second kappa shape index (κ2) is 6.26. The number of amidine groups is 1. The average molecular weight is 250 g/mol. The van der Waals surface area contributed by atoms with Crippen molar-refractivity contribution in [1.82, 2.24) is 0 Å². The first-order valence-electron chi connectivity index (χ1n) is 6.12. The minimum Gasteiger partial charge on any atom is -0.493 e. The lowest BCUT2D eigenvalue weighted by atomic mass is 10.2. The van der Waals surface area contributed by atoms with E-state index in [2.05, 4.69) is 5.16 Å². The van der Waals surface area contributed by atoms with Crippen molar-refractivity contribution in [2.45, 2.75) is 25.4 Å². The molecule has 5 heteroatoms. The molecule has 5 nitrogen and oxygen atoms in total. The molecule has 2 rings (SSSR count). The second-order valence-corrected chi connectivity index (χ2v) is 4.25. The lowest BCUT2D eigenvalue weighted by molar-refractivity contribution is 0.0903. The van der Waals surface area contributed by atoms with Crippen LogP contribution < -0.4 is 10.5 Å². The van der Waals surface area contributed by atoms with Crippen molar-refractivity contribution in [3.63, 3.8) is 0 Å². The third kappa shape index (κ3) is 3.13. The Balaban J connectivity index is 1.92. The van der Waals surface area contributed by atoms with Crippen molar-refractivity contribution in [1.29, 1.82) is 0 Å². The third-order valence-electron chi connectivity index (χ3n) is 2.99. The molecule has 1 fully saturated rings. The molecule has 1 aromatic carbocycles. The fraction of sp³-hybridized carbons (Fsp3) is 0.462.